The van der Waals surface area contributed by atoms with Gasteiger partial charge in [0.25, 0.3) is 0 Å². The summed E-state index contributed by atoms with van der Waals surface area (Å²) < 4.78 is 12.8. The first-order valence-electron chi connectivity index (χ1n) is 9.90. The van der Waals surface area contributed by atoms with E-state index < -0.39 is 0 Å². The molecule has 0 spiro atoms. The SMILES string of the molecule is CC1=[C-]C(C)C(C)=C1C.C[Si](C)=[Zr+2].Cl.Cl.Fc1ccc(-c2c[cH-]c3ccccc23)cc1. The average molecular weight is 553 g/mol. The fourth-order valence-electron chi connectivity index (χ4n) is 3.19. The molecule has 1 aliphatic carbocycles. The minimum Gasteiger partial charge on any atom is -0.207 e. The first kappa shape index (κ1) is 30.1. The number of benzene rings is 2. The topological polar surface area (TPSA) is 0 Å². The van der Waals surface area contributed by atoms with Gasteiger partial charge in [0.05, 0.1) is 0 Å². The summed E-state index contributed by atoms with van der Waals surface area (Å²) in [6.07, 6.45) is 3.36. The minimum atomic E-state index is -0.195. The van der Waals surface area contributed by atoms with Crippen molar-refractivity contribution in [3.8, 4) is 11.1 Å². The van der Waals surface area contributed by atoms with Gasteiger partial charge in [-0.1, -0.05) is 50.5 Å². The van der Waals surface area contributed by atoms with E-state index in [4.69, 9.17) is 0 Å². The van der Waals surface area contributed by atoms with Crippen LogP contribution in [0.3, 0.4) is 0 Å². The van der Waals surface area contributed by atoms with Crippen LogP contribution in [0.5, 0.6) is 0 Å². The van der Waals surface area contributed by atoms with Crippen LogP contribution in [0.25, 0.3) is 21.9 Å². The third-order valence-corrected chi connectivity index (χ3v) is 5.07. The molecule has 0 amide bonds. The van der Waals surface area contributed by atoms with Crippen LogP contribution in [0.1, 0.15) is 27.7 Å². The van der Waals surface area contributed by atoms with Crippen molar-refractivity contribution >= 4 is 41.0 Å². The molecule has 31 heavy (non-hydrogen) atoms. The van der Waals surface area contributed by atoms with Crippen LogP contribution < -0.4 is 0 Å². The average Bonchev–Trinajstić information content (AvgIpc) is 3.20. The predicted molar refractivity (Wildman–Crippen MR) is 137 cm³/mol. The third-order valence-electron chi connectivity index (χ3n) is 5.07. The van der Waals surface area contributed by atoms with Gasteiger partial charge in [0.1, 0.15) is 5.82 Å². The van der Waals surface area contributed by atoms with Crippen molar-refractivity contribution in [2.24, 2.45) is 5.92 Å². The zero-order chi connectivity index (χ0) is 21.6. The van der Waals surface area contributed by atoms with Gasteiger partial charge in [0.2, 0.25) is 0 Å². The van der Waals surface area contributed by atoms with Gasteiger partial charge in [-0.05, 0) is 12.1 Å². The van der Waals surface area contributed by atoms with Crippen molar-refractivity contribution in [3.05, 3.63) is 89.3 Å². The van der Waals surface area contributed by atoms with E-state index >= 15 is 0 Å². The van der Waals surface area contributed by atoms with Crippen molar-refractivity contribution in [1.29, 1.82) is 0 Å². The first-order valence-corrected chi connectivity index (χ1v) is 16.1. The normalized spacial score (nSPS) is 14.4. The molecule has 1 atom stereocenters. The van der Waals surface area contributed by atoms with Crippen LogP contribution in [-0.2, 0) is 23.3 Å². The van der Waals surface area contributed by atoms with Gasteiger partial charge in [-0.3, -0.25) is 6.08 Å². The summed E-state index contributed by atoms with van der Waals surface area (Å²) in [5, 5.41) is 2.44. The van der Waals surface area contributed by atoms with Crippen molar-refractivity contribution in [2.45, 2.75) is 40.8 Å². The van der Waals surface area contributed by atoms with Crippen molar-refractivity contribution in [2.75, 3.05) is 0 Å². The molecule has 0 nitrogen and oxygen atoms in total. The molecule has 0 N–H and O–H groups in total. The Bertz CT molecular complexity index is 1040. The Morgan fingerprint density at radius 2 is 1.52 bits per heavy atom. The molecule has 1 unspecified atom stereocenters. The molecule has 164 valence electrons. The summed E-state index contributed by atoms with van der Waals surface area (Å²) in [6, 6.07) is 19.0. The van der Waals surface area contributed by atoms with E-state index in [1.54, 1.807) is 23.3 Å². The molecule has 0 bridgehead atoms. The van der Waals surface area contributed by atoms with E-state index in [2.05, 4.69) is 71.1 Å². The van der Waals surface area contributed by atoms with Gasteiger partial charge in [-0.15, -0.1) is 78.4 Å². The minimum absolute atomic E-state index is 0. The van der Waals surface area contributed by atoms with E-state index in [1.165, 1.54) is 39.6 Å². The molecule has 3 aromatic rings. The van der Waals surface area contributed by atoms with Gasteiger partial charge in [0.15, 0.2) is 0 Å². The van der Waals surface area contributed by atoms with Crippen LogP contribution in [0.4, 0.5) is 4.39 Å². The van der Waals surface area contributed by atoms with Crippen molar-refractivity contribution < 1.29 is 27.7 Å². The fraction of sp³-hybridized carbons (Fsp3) is 0.269. The summed E-state index contributed by atoms with van der Waals surface area (Å²) in [5.41, 5.74) is 6.68. The molecular formula is C26H31Cl2FSiZr. The molecule has 0 saturated heterocycles. The van der Waals surface area contributed by atoms with Gasteiger partial charge in [-0.2, -0.15) is 11.1 Å². The molecule has 0 heterocycles. The Morgan fingerprint density at radius 3 is 1.97 bits per heavy atom. The van der Waals surface area contributed by atoms with E-state index in [1.807, 2.05) is 24.3 Å². The number of hydrogen-bond acceptors (Lipinski definition) is 0. The molecule has 0 saturated carbocycles. The van der Waals surface area contributed by atoms with Crippen LogP contribution in [0, 0.1) is 17.8 Å². The Labute approximate surface area is 214 Å². The van der Waals surface area contributed by atoms with Gasteiger partial charge in [0, 0.05) is 0 Å². The Kier molecular flexibility index (Phi) is 13.9. The summed E-state index contributed by atoms with van der Waals surface area (Å²) >= 11 is 1.74. The molecule has 0 aliphatic heterocycles. The first-order chi connectivity index (χ1) is 13.7. The molecular weight excluding hydrogens is 522 g/mol. The maximum Gasteiger partial charge on any atom is 0.123 e. The molecule has 4 rings (SSSR count). The molecule has 0 aromatic heterocycles. The largest absolute Gasteiger partial charge is 0.207 e. The number of allylic oxidation sites excluding steroid dienone is 4. The standard InChI is InChI=1S/C15H10F.C9H13.C2H6Si.2ClH.Zr/c16-13-8-5-12(6-9-13)15-10-7-11-3-1-2-4-14(11)15;1-6-5-7(2)9(4)8(6)3;1-3-2;;;/h1-10H;6H,1-4H3;1-2H3;2*1H;/q2*-1;;;;+2. The van der Waals surface area contributed by atoms with Crippen LogP contribution in [0.2, 0.25) is 13.1 Å². The number of halogens is 3. The van der Waals surface area contributed by atoms with Crippen LogP contribution >= 0.6 is 24.8 Å². The maximum absolute atomic E-state index is 12.8. The Balaban J connectivity index is 0.000000516. The Morgan fingerprint density at radius 1 is 0.968 bits per heavy atom. The second kappa shape index (κ2) is 14.3. The summed E-state index contributed by atoms with van der Waals surface area (Å²) in [4.78, 5) is 0. The number of hydrogen-bond donors (Lipinski definition) is 0. The molecule has 0 fully saturated rings. The van der Waals surface area contributed by atoms with Gasteiger partial charge >= 0.3 is 41.9 Å². The number of rotatable bonds is 1. The molecule has 1 aliphatic rings. The van der Waals surface area contributed by atoms with Crippen molar-refractivity contribution in [1.82, 2.24) is 0 Å². The summed E-state index contributed by atoms with van der Waals surface area (Å²) in [5.74, 6) is 0.365. The third kappa shape index (κ3) is 8.89. The van der Waals surface area contributed by atoms with E-state index in [0.717, 1.165) is 11.1 Å². The second-order valence-electron chi connectivity index (χ2n) is 7.64. The number of fused-ring (bicyclic) bond motifs is 1. The van der Waals surface area contributed by atoms with E-state index in [9.17, 15) is 4.39 Å². The monoisotopic (exact) mass is 550 g/mol. The summed E-state index contributed by atoms with van der Waals surface area (Å²) in [7, 11) is 0. The predicted octanol–water partition coefficient (Wildman–Crippen LogP) is 8.71. The second-order valence-corrected chi connectivity index (χ2v) is 17.0. The Hall–Kier alpha value is -0.860. The van der Waals surface area contributed by atoms with Crippen molar-refractivity contribution in [3.63, 3.8) is 0 Å². The smallest absolute Gasteiger partial charge is 0.123 e. The van der Waals surface area contributed by atoms with Crippen LogP contribution in [-0.4, -0.2) is 5.43 Å². The fourth-order valence-corrected chi connectivity index (χ4v) is 3.19. The molecule has 3 aromatic carbocycles. The quantitative estimate of drug-likeness (QED) is 0.209. The molecule has 0 radical (unpaired) electrons. The van der Waals surface area contributed by atoms with Gasteiger partial charge < -0.3 is 0 Å². The molecule has 5 heteroatoms. The summed E-state index contributed by atoms with van der Waals surface area (Å²) in [6.45, 7) is 13.3. The zero-order valence-corrected chi connectivity index (χ0v) is 24.1. The van der Waals surface area contributed by atoms with E-state index in [0.29, 0.717) is 5.92 Å². The van der Waals surface area contributed by atoms with Gasteiger partial charge in [-0.25, -0.2) is 9.96 Å². The maximum atomic E-state index is 12.8. The zero-order valence-electron chi connectivity index (χ0n) is 19.0. The van der Waals surface area contributed by atoms with E-state index in [-0.39, 0.29) is 36.1 Å². The van der Waals surface area contributed by atoms with Crippen LogP contribution in [0.15, 0.2) is 77.4 Å².